The van der Waals surface area contributed by atoms with Gasteiger partial charge in [0.25, 0.3) is 0 Å². The molecule has 4 heterocycles. The fourth-order valence-corrected chi connectivity index (χ4v) is 4.03. The summed E-state index contributed by atoms with van der Waals surface area (Å²) < 4.78 is 3.59. The van der Waals surface area contributed by atoms with Crippen molar-refractivity contribution in [3.05, 3.63) is 73.3 Å². The van der Waals surface area contributed by atoms with Crippen LogP contribution in [-0.2, 0) is 18.9 Å². The Morgan fingerprint density at radius 3 is 2.64 bits per heavy atom. The van der Waals surface area contributed by atoms with Gasteiger partial charge < -0.3 is 10.3 Å². The highest BCUT2D eigenvalue weighted by Gasteiger charge is 2.19. The molecule has 33 heavy (non-hydrogen) atoms. The summed E-state index contributed by atoms with van der Waals surface area (Å²) in [5.74, 6) is -0.248. The normalized spacial score (nSPS) is 11.1. The lowest BCUT2D eigenvalue weighted by molar-refractivity contribution is -0.111. The molecule has 0 aliphatic heterocycles. The molecular weight excluding hydrogens is 414 g/mol. The SMILES string of the molecule is C=CC(=O)Nc1cc(-c2c(-c3cnn(C)c3)[nH]c3ncc(-c4ccnn4C)cc23)ccc1C. The van der Waals surface area contributed by atoms with Gasteiger partial charge in [-0.2, -0.15) is 10.2 Å². The van der Waals surface area contributed by atoms with Gasteiger partial charge in [-0.15, -0.1) is 0 Å². The Hall–Kier alpha value is -4.46. The third-order valence-corrected chi connectivity index (χ3v) is 5.73. The number of hydrogen-bond acceptors (Lipinski definition) is 4. The van der Waals surface area contributed by atoms with Crippen LogP contribution in [0.3, 0.4) is 0 Å². The number of aryl methyl sites for hydroxylation is 3. The summed E-state index contributed by atoms with van der Waals surface area (Å²) in [6.07, 6.45) is 8.67. The van der Waals surface area contributed by atoms with Gasteiger partial charge in [0.1, 0.15) is 5.65 Å². The number of amides is 1. The van der Waals surface area contributed by atoms with E-state index in [1.165, 1.54) is 6.08 Å². The average Bonchev–Trinajstić information content (AvgIpc) is 3.52. The van der Waals surface area contributed by atoms with Crippen molar-refractivity contribution in [3.8, 4) is 33.6 Å². The summed E-state index contributed by atoms with van der Waals surface area (Å²) in [7, 11) is 3.80. The fourth-order valence-electron chi connectivity index (χ4n) is 4.03. The second kappa shape index (κ2) is 7.90. The van der Waals surface area contributed by atoms with E-state index in [2.05, 4.69) is 39.2 Å². The minimum absolute atomic E-state index is 0.248. The first-order valence-electron chi connectivity index (χ1n) is 10.5. The Labute approximate surface area is 190 Å². The largest absolute Gasteiger partial charge is 0.339 e. The zero-order valence-electron chi connectivity index (χ0n) is 18.6. The molecule has 0 bridgehead atoms. The smallest absolute Gasteiger partial charge is 0.247 e. The monoisotopic (exact) mass is 437 g/mol. The molecule has 4 aromatic heterocycles. The van der Waals surface area contributed by atoms with E-state index < -0.39 is 0 Å². The molecule has 0 radical (unpaired) electrons. The Balaban J connectivity index is 1.76. The van der Waals surface area contributed by atoms with Crippen LogP contribution in [0, 0.1) is 6.92 Å². The number of nitrogens with zero attached hydrogens (tertiary/aromatic N) is 5. The minimum Gasteiger partial charge on any atom is -0.339 e. The van der Waals surface area contributed by atoms with E-state index in [1.807, 2.05) is 62.5 Å². The van der Waals surface area contributed by atoms with Crippen LogP contribution in [0.4, 0.5) is 5.69 Å². The topological polar surface area (TPSA) is 93.4 Å². The van der Waals surface area contributed by atoms with Crippen LogP contribution < -0.4 is 5.32 Å². The Morgan fingerprint density at radius 2 is 1.94 bits per heavy atom. The molecular formula is C25H23N7O. The third kappa shape index (κ3) is 3.61. The molecule has 8 heteroatoms. The van der Waals surface area contributed by atoms with Crippen molar-refractivity contribution in [2.24, 2.45) is 14.1 Å². The van der Waals surface area contributed by atoms with Gasteiger partial charge in [0.15, 0.2) is 0 Å². The number of benzene rings is 1. The molecule has 0 fully saturated rings. The fraction of sp³-hybridized carbons (Fsp3) is 0.120. The van der Waals surface area contributed by atoms with Crippen LogP contribution in [0.2, 0.25) is 0 Å². The van der Waals surface area contributed by atoms with Crippen molar-refractivity contribution >= 4 is 22.6 Å². The summed E-state index contributed by atoms with van der Waals surface area (Å²) in [5.41, 5.74) is 8.22. The van der Waals surface area contributed by atoms with Crippen LogP contribution >= 0.6 is 0 Å². The number of aromatic nitrogens is 6. The number of aromatic amines is 1. The summed E-state index contributed by atoms with van der Waals surface area (Å²) in [5, 5.41) is 12.5. The maximum atomic E-state index is 12.0. The van der Waals surface area contributed by atoms with Crippen molar-refractivity contribution in [1.29, 1.82) is 0 Å². The number of pyridine rings is 1. The zero-order chi connectivity index (χ0) is 23.1. The second-order valence-corrected chi connectivity index (χ2v) is 7.96. The molecule has 0 aliphatic carbocycles. The van der Waals surface area contributed by atoms with Crippen LogP contribution in [0.5, 0.6) is 0 Å². The lowest BCUT2D eigenvalue weighted by atomic mass is 9.97. The maximum Gasteiger partial charge on any atom is 0.247 e. The van der Waals surface area contributed by atoms with Crippen LogP contribution in [-0.4, -0.2) is 35.4 Å². The van der Waals surface area contributed by atoms with Crippen molar-refractivity contribution in [2.75, 3.05) is 5.32 Å². The van der Waals surface area contributed by atoms with Gasteiger partial charge in [0.2, 0.25) is 5.91 Å². The lowest BCUT2D eigenvalue weighted by Crippen LogP contribution is -2.08. The summed E-state index contributed by atoms with van der Waals surface area (Å²) in [6.45, 7) is 5.52. The number of rotatable bonds is 5. The van der Waals surface area contributed by atoms with Crippen LogP contribution in [0.25, 0.3) is 44.7 Å². The first-order chi connectivity index (χ1) is 15.9. The number of H-pyrrole nitrogens is 1. The quantitative estimate of drug-likeness (QED) is 0.397. The Kier molecular flexibility index (Phi) is 4.90. The number of hydrogen-bond donors (Lipinski definition) is 2. The second-order valence-electron chi connectivity index (χ2n) is 7.96. The molecule has 0 unspecified atom stereocenters. The first kappa shape index (κ1) is 20.4. The van der Waals surface area contributed by atoms with Gasteiger partial charge in [-0.3, -0.25) is 14.2 Å². The minimum atomic E-state index is -0.248. The van der Waals surface area contributed by atoms with Crippen molar-refractivity contribution in [3.63, 3.8) is 0 Å². The Bertz CT molecular complexity index is 1520. The van der Waals surface area contributed by atoms with Gasteiger partial charge >= 0.3 is 0 Å². The lowest BCUT2D eigenvalue weighted by Gasteiger charge is -2.11. The molecule has 0 saturated carbocycles. The number of carbonyl (C=O) groups excluding carboxylic acids is 1. The van der Waals surface area contributed by atoms with Crippen molar-refractivity contribution in [2.45, 2.75) is 6.92 Å². The molecule has 164 valence electrons. The van der Waals surface area contributed by atoms with E-state index >= 15 is 0 Å². The molecule has 0 atom stereocenters. The van der Waals surface area contributed by atoms with Gasteiger partial charge in [0.05, 0.1) is 17.6 Å². The van der Waals surface area contributed by atoms with Gasteiger partial charge in [-0.05, 0) is 42.3 Å². The third-order valence-electron chi connectivity index (χ3n) is 5.73. The van der Waals surface area contributed by atoms with Gasteiger partial charge in [0, 0.05) is 60.4 Å². The average molecular weight is 438 g/mol. The van der Waals surface area contributed by atoms with Crippen LogP contribution in [0.15, 0.2) is 67.8 Å². The molecule has 5 aromatic rings. The predicted octanol–water partition coefficient (Wildman–Crippen LogP) is 4.46. The molecule has 8 nitrogen and oxygen atoms in total. The number of nitrogens with one attached hydrogen (secondary N) is 2. The van der Waals surface area contributed by atoms with Crippen molar-refractivity contribution < 1.29 is 4.79 Å². The highest BCUT2D eigenvalue weighted by molar-refractivity contribution is 6.05. The molecule has 0 saturated heterocycles. The van der Waals surface area contributed by atoms with E-state index in [0.717, 1.165) is 55.9 Å². The molecule has 2 N–H and O–H groups in total. The van der Waals surface area contributed by atoms with Gasteiger partial charge in [-0.1, -0.05) is 18.7 Å². The molecule has 5 rings (SSSR count). The molecule has 1 amide bonds. The highest BCUT2D eigenvalue weighted by Crippen LogP contribution is 2.40. The van der Waals surface area contributed by atoms with E-state index in [-0.39, 0.29) is 5.91 Å². The highest BCUT2D eigenvalue weighted by atomic mass is 16.1. The van der Waals surface area contributed by atoms with E-state index in [9.17, 15) is 4.79 Å². The number of fused-ring (bicyclic) bond motifs is 1. The van der Waals surface area contributed by atoms with E-state index in [0.29, 0.717) is 0 Å². The van der Waals surface area contributed by atoms with E-state index in [1.54, 1.807) is 10.9 Å². The number of anilines is 1. The number of carbonyl (C=O) groups is 1. The van der Waals surface area contributed by atoms with Crippen molar-refractivity contribution in [1.82, 2.24) is 29.5 Å². The Morgan fingerprint density at radius 1 is 1.09 bits per heavy atom. The predicted molar refractivity (Wildman–Crippen MR) is 129 cm³/mol. The van der Waals surface area contributed by atoms with Gasteiger partial charge in [-0.25, -0.2) is 4.98 Å². The first-order valence-corrected chi connectivity index (χ1v) is 10.5. The summed E-state index contributed by atoms with van der Waals surface area (Å²) in [6, 6.07) is 10.1. The van der Waals surface area contributed by atoms with E-state index in [4.69, 9.17) is 4.98 Å². The molecule has 0 aliphatic rings. The molecule has 1 aromatic carbocycles. The molecule has 0 spiro atoms. The van der Waals surface area contributed by atoms with Crippen LogP contribution in [0.1, 0.15) is 5.56 Å². The standard InChI is InChI=1S/C25H23N7O/c1-5-22(33)29-20-11-16(7-6-15(20)2)23-19-10-17(21-8-9-27-32(21)4)12-26-25(19)30-24(23)18-13-28-31(3)14-18/h5-14H,1H2,2-4H3,(H,26,30)(H,29,33). The zero-order valence-corrected chi connectivity index (χ0v) is 18.6. The summed E-state index contributed by atoms with van der Waals surface area (Å²) in [4.78, 5) is 20.2. The maximum absolute atomic E-state index is 12.0. The summed E-state index contributed by atoms with van der Waals surface area (Å²) >= 11 is 0.